The molecule has 0 aromatic heterocycles. The first kappa shape index (κ1) is 14.7. The maximum Gasteiger partial charge on any atom is 0.348 e. The number of carbonyl (C=O) groups excluding carboxylic acids is 1. The molecule has 0 saturated carbocycles. The van der Waals surface area contributed by atoms with E-state index in [1.807, 2.05) is 6.07 Å². The van der Waals surface area contributed by atoms with Crippen molar-refractivity contribution in [2.45, 2.75) is 45.6 Å². The Balaban J connectivity index is 2.74. The van der Waals surface area contributed by atoms with Crippen LogP contribution in [0, 0.1) is 17.2 Å². The van der Waals surface area contributed by atoms with Gasteiger partial charge in [-0.05, 0) is 39.0 Å². The molecule has 0 N–H and O–H groups in total. The highest BCUT2D eigenvalue weighted by molar-refractivity contribution is 5.92. The average molecular weight is 251 g/mol. The molecule has 100 valence electrons. The number of hydrogen-bond donors (Lipinski definition) is 0. The van der Waals surface area contributed by atoms with Crippen LogP contribution in [0.15, 0.2) is 11.6 Å². The molecule has 1 saturated heterocycles. The second-order valence-corrected chi connectivity index (χ2v) is 4.82. The molecule has 1 aliphatic rings. The molecule has 1 heterocycles. The smallest absolute Gasteiger partial charge is 0.348 e. The van der Waals surface area contributed by atoms with Gasteiger partial charge >= 0.3 is 5.97 Å². The first-order valence-electron chi connectivity index (χ1n) is 6.47. The summed E-state index contributed by atoms with van der Waals surface area (Å²) in [5, 5.41) is 8.99. The third-order valence-electron chi connectivity index (χ3n) is 3.40. The summed E-state index contributed by atoms with van der Waals surface area (Å²) in [7, 11) is 0. The normalized spacial score (nSPS) is 28.6. The largest absolute Gasteiger partial charge is 0.462 e. The minimum Gasteiger partial charge on any atom is -0.462 e. The highest BCUT2D eigenvalue weighted by Gasteiger charge is 2.31. The molecule has 4 heteroatoms. The fourth-order valence-electron chi connectivity index (χ4n) is 2.16. The van der Waals surface area contributed by atoms with Gasteiger partial charge in [0.2, 0.25) is 0 Å². The van der Waals surface area contributed by atoms with E-state index in [9.17, 15) is 4.79 Å². The van der Waals surface area contributed by atoms with E-state index in [1.165, 1.54) is 0 Å². The van der Waals surface area contributed by atoms with Crippen molar-refractivity contribution >= 4 is 5.97 Å². The molecule has 1 rings (SSSR count). The Morgan fingerprint density at radius 2 is 2.33 bits per heavy atom. The van der Waals surface area contributed by atoms with Crippen molar-refractivity contribution in [1.29, 1.82) is 5.26 Å². The number of nitriles is 1. The lowest BCUT2D eigenvalue weighted by Crippen LogP contribution is -2.36. The Labute approximate surface area is 109 Å². The molecule has 0 aliphatic carbocycles. The molecule has 18 heavy (non-hydrogen) atoms. The number of esters is 1. The monoisotopic (exact) mass is 251 g/mol. The van der Waals surface area contributed by atoms with E-state index in [1.54, 1.807) is 13.0 Å². The zero-order valence-corrected chi connectivity index (χ0v) is 11.4. The van der Waals surface area contributed by atoms with Gasteiger partial charge in [-0.15, -0.1) is 0 Å². The topological polar surface area (TPSA) is 59.3 Å². The van der Waals surface area contributed by atoms with E-state index in [4.69, 9.17) is 14.7 Å². The van der Waals surface area contributed by atoms with Crippen molar-refractivity contribution in [3.8, 4) is 6.07 Å². The van der Waals surface area contributed by atoms with Crippen LogP contribution in [0.4, 0.5) is 0 Å². The molecule has 2 atom stereocenters. The molecule has 0 aromatic carbocycles. The summed E-state index contributed by atoms with van der Waals surface area (Å²) in [5.41, 5.74) is -0.0311. The second-order valence-electron chi connectivity index (χ2n) is 4.82. The molecular formula is C14H21NO3. The van der Waals surface area contributed by atoms with Crippen molar-refractivity contribution in [2.24, 2.45) is 5.92 Å². The van der Waals surface area contributed by atoms with Crippen LogP contribution in [0.5, 0.6) is 0 Å². The van der Waals surface area contributed by atoms with Gasteiger partial charge in [0.05, 0.1) is 12.2 Å². The van der Waals surface area contributed by atoms with Crippen molar-refractivity contribution in [3.05, 3.63) is 11.6 Å². The third kappa shape index (κ3) is 3.85. The zero-order chi connectivity index (χ0) is 13.6. The van der Waals surface area contributed by atoms with E-state index < -0.39 is 5.97 Å². The van der Waals surface area contributed by atoms with Crippen LogP contribution in [0.2, 0.25) is 0 Å². The number of carbonyl (C=O) groups is 1. The first-order chi connectivity index (χ1) is 8.54. The van der Waals surface area contributed by atoms with E-state index in [0.29, 0.717) is 6.61 Å². The van der Waals surface area contributed by atoms with Gasteiger partial charge in [-0.25, -0.2) is 4.79 Å². The van der Waals surface area contributed by atoms with E-state index in [0.717, 1.165) is 19.3 Å². The van der Waals surface area contributed by atoms with Crippen molar-refractivity contribution < 1.29 is 14.3 Å². The quantitative estimate of drug-likeness (QED) is 0.438. The Bertz CT molecular complexity index is 370. The standard InChI is InChI=1S/C14H21NO3/c1-4-14(3)9-11(6-7-18-14)8-12(10-15)13(16)17-5-2/h8,11H,4-7,9H2,1-3H3/b12-8+/t11-,14-/m1/s1. The van der Waals surface area contributed by atoms with Crippen LogP contribution in [0.3, 0.4) is 0 Å². The van der Waals surface area contributed by atoms with E-state index >= 15 is 0 Å². The Kier molecular flexibility index (Phi) is 5.36. The zero-order valence-electron chi connectivity index (χ0n) is 11.4. The molecule has 0 spiro atoms. The maximum absolute atomic E-state index is 11.5. The molecule has 0 amide bonds. The van der Waals surface area contributed by atoms with Gasteiger partial charge in [0.15, 0.2) is 0 Å². The van der Waals surface area contributed by atoms with Crippen molar-refractivity contribution in [1.82, 2.24) is 0 Å². The van der Waals surface area contributed by atoms with E-state index in [2.05, 4.69) is 13.8 Å². The van der Waals surface area contributed by atoms with Crippen LogP contribution < -0.4 is 0 Å². The molecule has 0 radical (unpaired) electrons. The third-order valence-corrected chi connectivity index (χ3v) is 3.40. The molecule has 0 aromatic rings. The number of ether oxygens (including phenoxy) is 2. The fourth-order valence-corrected chi connectivity index (χ4v) is 2.16. The van der Waals surface area contributed by atoms with Gasteiger partial charge in [0, 0.05) is 6.61 Å². The summed E-state index contributed by atoms with van der Waals surface area (Å²) in [4.78, 5) is 11.5. The lowest BCUT2D eigenvalue weighted by Gasteiger charge is -2.36. The fraction of sp³-hybridized carbons (Fsp3) is 0.714. The summed E-state index contributed by atoms with van der Waals surface area (Å²) in [6.07, 6.45) is 4.36. The summed E-state index contributed by atoms with van der Waals surface area (Å²) in [6, 6.07) is 1.93. The first-order valence-corrected chi connectivity index (χ1v) is 6.47. The molecule has 1 aliphatic heterocycles. The highest BCUT2D eigenvalue weighted by atomic mass is 16.5. The molecule has 0 bridgehead atoms. The Hall–Kier alpha value is -1.34. The Morgan fingerprint density at radius 3 is 2.89 bits per heavy atom. The van der Waals surface area contributed by atoms with Crippen molar-refractivity contribution in [2.75, 3.05) is 13.2 Å². The van der Waals surface area contributed by atoms with Gasteiger partial charge in [-0.3, -0.25) is 0 Å². The lowest BCUT2D eigenvalue weighted by molar-refractivity contribution is -0.138. The molecular weight excluding hydrogens is 230 g/mol. The van der Waals surface area contributed by atoms with Crippen molar-refractivity contribution in [3.63, 3.8) is 0 Å². The van der Waals surface area contributed by atoms with Gasteiger partial charge in [-0.1, -0.05) is 13.0 Å². The summed E-state index contributed by atoms with van der Waals surface area (Å²) in [6.45, 7) is 6.85. The van der Waals surface area contributed by atoms with Gasteiger partial charge in [0.1, 0.15) is 11.6 Å². The molecule has 0 unspecified atom stereocenters. The van der Waals surface area contributed by atoms with Gasteiger partial charge in [-0.2, -0.15) is 5.26 Å². The molecule has 1 fully saturated rings. The predicted octanol–water partition coefficient (Wildman–Crippen LogP) is 2.59. The second kappa shape index (κ2) is 6.55. The number of nitrogens with zero attached hydrogens (tertiary/aromatic N) is 1. The summed E-state index contributed by atoms with van der Waals surface area (Å²) >= 11 is 0. The van der Waals surface area contributed by atoms with Crippen LogP contribution >= 0.6 is 0 Å². The van der Waals surface area contributed by atoms with E-state index in [-0.39, 0.29) is 23.7 Å². The van der Waals surface area contributed by atoms with Crippen LogP contribution in [0.25, 0.3) is 0 Å². The number of rotatable bonds is 4. The minimum absolute atomic E-state index is 0.113. The summed E-state index contributed by atoms with van der Waals surface area (Å²) in [5.74, 6) is -0.313. The van der Waals surface area contributed by atoms with Gasteiger partial charge in [0.25, 0.3) is 0 Å². The predicted molar refractivity (Wildman–Crippen MR) is 67.7 cm³/mol. The lowest BCUT2D eigenvalue weighted by atomic mass is 9.84. The number of hydrogen-bond acceptors (Lipinski definition) is 4. The molecule has 4 nitrogen and oxygen atoms in total. The minimum atomic E-state index is -0.523. The van der Waals surface area contributed by atoms with Crippen LogP contribution in [-0.2, 0) is 14.3 Å². The SMILES string of the molecule is CCOC(=O)/C(C#N)=C/[C@H]1CCO[C@](C)(CC)C1. The maximum atomic E-state index is 11.5. The highest BCUT2D eigenvalue weighted by Crippen LogP contribution is 2.32. The average Bonchev–Trinajstić information content (AvgIpc) is 2.36. The summed E-state index contributed by atoms with van der Waals surface area (Å²) < 4.78 is 10.6. The van der Waals surface area contributed by atoms with Crippen LogP contribution in [-0.4, -0.2) is 24.8 Å². The van der Waals surface area contributed by atoms with Crippen LogP contribution in [0.1, 0.15) is 40.0 Å². The van der Waals surface area contributed by atoms with Gasteiger partial charge < -0.3 is 9.47 Å². The number of allylic oxidation sites excluding steroid dienone is 1. The Morgan fingerprint density at radius 1 is 1.61 bits per heavy atom.